The standard InChI is InChI=1S/C25H30N6O5/c1-3-26-24(34)31-19-7-5-4-6-17(19)14-22(31)36-18-8-11-27-20(15-18)29-23(33)28-16-21(32)30-12-9-25(2,35)10-13-30/h4-8,11,14-15,35H,3,9-10,12-13,16H2,1-2H3,(H,26,34)(H2,27,28,29,33). The lowest BCUT2D eigenvalue weighted by molar-refractivity contribution is -0.133. The maximum atomic E-state index is 12.7. The summed E-state index contributed by atoms with van der Waals surface area (Å²) in [5.74, 6) is 0.677. The van der Waals surface area contributed by atoms with Crippen molar-refractivity contribution in [2.75, 3.05) is 31.5 Å². The van der Waals surface area contributed by atoms with E-state index in [9.17, 15) is 19.5 Å². The van der Waals surface area contributed by atoms with Gasteiger partial charge in [0.25, 0.3) is 0 Å². The van der Waals surface area contributed by atoms with Crippen molar-refractivity contribution in [1.82, 2.24) is 25.1 Å². The van der Waals surface area contributed by atoms with E-state index < -0.39 is 11.6 Å². The van der Waals surface area contributed by atoms with Gasteiger partial charge in [-0.2, -0.15) is 0 Å². The molecular formula is C25H30N6O5. The second kappa shape index (κ2) is 10.6. The Hall–Kier alpha value is -4.12. The quantitative estimate of drug-likeness (QED) is 0.416. The zero-order valence-corrected chi connectivity index (χ0v) is 20.3. The maximum absolute atomic E-state index is 12.7. The molecule has 190 valence electrons. The molecule has 4 amide bonds. The Bertz CT molecular complexity index is 1260. The van der Waals surface area contributed by atoms with Crippen LogP contribution in [0.2, 0.25) is 0 Å². The Labute approximate surface area is 208 Å². The van der Waals surface area contributed by atoms with Gasteiger partial charge in [0.1, 0.15) is 11.6 Å². The van der Waals surface area contributed by atoms with Gasteiger partial charge in [0.15, 0.2) is 0 Å². The summed E-state index contributed by atoms with van der Waals surface area (Å²) in [6.07, 6.45) is 2.47. The number of ether oxygens (including phenoxy) is 1. The minimum atomic E-state index is -0.755. The van der Waals surface area contributed by atoms with Gasteiger partial charge < -0.3 is 25.4 Å². The van der Waals surface area contributed by atoms with E-state index in [0.29, 0.717) is 49.6 Å². The zero-order chi connectivity index (χ0) is 25.7. The molecule has 1 aliphatic heterocycles. The summed E-state index contributed by atoms with van der Waals surface area (Å²) in [5.41, 5.74) is -0.0543. The molecule has 3 aromatic rings. The highest BCUT2D eigenvalue weighted by Gasteiger charge is 2.29. The molecule has 1 aromatic carbocycles. The third-order valence-electron chi connectivity index (χ3n) is 6.00. The normalized spacial score (nSPS) is 14.8. The third-order valence-corrected chi connectivity index (χ3v) is 6.00. The molecule has 0 spiro atoms. The number of hydrogen-bond donors (Lipinski definition) is 4. The lowest BCUT2D eigenvalue weighted by Gasteiger charge is -2.35. The maximum Gasteiger partial charge on any atom is 0.328 e. The van der Waals surface area contributed by atoms with Crippen molar-refractivity contribution in [3.05, 3.63) is 48.7 Å². The fraction of sp³-hybridized carbons (Fsp3) is 0.360. The van der Waals surface area contributed by atoms with E-state index in [1.165, 1.54) is 16.8 Å². The lowest BCUT2D eigenvalue weighted by Crippen LogP contribution is -2.48. The lowest BCUT2D eigenvalue weighted by atomic mass is 9.94. The molecule has 4 rings (SSSR count). The first-order chi connectivity index (χ1) is 17.3. The molecule has 0 radical (unpaired) electrons. The number of carbonyl (C=O) groups excluding carboxylic acids is 3. The Morgan fingerprint density at radius 3 is 2.61 bits per heavy atom. The van der Waals surface area contributed by atoms with Crippen LogP contribution in [0.3, 0.4) is 0 Å². The highest BCUT2D eigenvalue weighted by Crippen LogP contribution is 2.30. The van der Waals surface area contributed by atoms with Crippen molar-refractivity contribution in [2.45, 2.75) is 32.3 Å². The van der Waals surface area contributed by atoms with Crippen LogP contribution in [0.1, 0.15) is 26.7 Å². The number of amides is 4. The number of likely N-dealkylation sites (tertiary alicyclic amines) is 1. The van der Waals surface area contributed by atoms with E-state index >= 15 is 0 Å². The first-order valence-electron chi connectivity index (χ1n) is 11.8. The first kappa shape index (κ1) is 25.0. The fourth-order valence-corrected chi connectivity index (χ4v) is 3.97. The number of aliphatic hydroxyl groups is 1. The molecule has 0 unspecified atom stereocenters. The molecule has 0 bridgehead atoms. The first-order valence-corrected chi connectivity index (χ1v) is 11.8. The highest BCUT2D eigenvalue weighted by atomic mass is 16.5. The summed E-state index contributed by atoms with van der Waals surface area (Å²) < 4.78 is 7.44. The number of rotatable bonds is 6. The minimum absolute atomic E-state index is 0.170. The van der Waals surface area contributed by atoms with Crippen LogP contribution >= 0.6 is 0 Å². The minimum Gasteiger partial charge on any atom is -0.440 e. The molecule has 0 saturated carbocycles. The Morgan fingerprint density at radius 2 is 1.86 bits per heavy atom. The van der Waals surface area contributed by atoms with Gasteiger partial charge in [-0.1, -0.05) is 18.2 Å². The van der Waals surface area contributed by atoms with Crippen LogP contribution in [0.5, 0.6) is 11.6 Å². The van der Waals surface area contributed by atoms with Crippen molar-refractivity contribution < 1.29 is 24.2 Å². The summed E-state index contributed by atoms with van der Waals surface area (Å²) in [7, 11) is 0. The number of hydrogen-bond acceptors (Lipinski definition) is 6. The topological polar surface area (TPSA) is 138 Å². The van der Waals surface area contributed by atoms with Crippen LogP contribution in [-0.4, -0.2) is 69.3 Å². The SMILES string of the molecule is CCNC(=O)n1c(Oc2ccnc(NC(=O)NCC(=O)N3CCC(C)(O)CC3)c2)cc2ccccc21. The predicted octanol–water partition coefficient (Wildman–Crippen LogP) is 2.90. The van der Waals surface area contributed by atoms with Gasteiger partial charge in [0, 0.05) is 43.4 Å². The molecule has 2 aromatic heterocycles. The summed E-state index contributed by atoms with van der Waals surface area (Å²) in [6.45, 7) is 4.78. The van der Waals surface area contributed by atoms with Gasteiger partial charge in [0.2, 0.25) is 11.8 Å². The smallest absolute Gasteiger partial charge is 0.328 e. The van der Waals surface area contributed by atoms with Crippen molar-refractivity contribution in [3.8, 4) is 11.6 Å². The van der Waals surface area contributed by atoms with E-state index in [4.69, 9.17) is 4.74 Å². The van der Waals surface area contributed by atoms with E-state index in [2.05, 4.69) is 20.9 Å². The van der Waals surface area contributed by atoms with Crippen LogP contribution in [-0.2, 0) is 4.79 Å². The molecule has 0 aliphatic carbocycles. The molecule has 11 nitrogen and oxygen atoms in total. The summed E-state index contributed by atoms with van der Waals surface area (Å²) in [5, 5.41) is 18.8. The number of fused-ring (bicyclic) bond motifs is 1. The van der Waals surface area contributed by atoms with Crippen LogP contribution in [0.4, 0.5) is 15.4 Å². The Kier molecular flexibility index (Phi) is 7.39. The van der Waals surface area contributed by atoms with Crippen molar-refractivity contribution in [3.63, 3.8) is 0 Å². The zero-order valence-electron chi connectivity index (χ0n) is 20.3. The molecule has 1 saturated heterocycles. The molecule has 0 atom stereocenters. The fourth-order valence-electron chi connectivity index (χ4n) is 3.97. The van der Waals surface area contributed by atoms with Crippen molar-refractivity contribution in [1.29, 1.82) is 0 Å². The molecule has 3 heterocycles. The number of nitrogens with zero attached hydrogens (tertiary/aromatic N) is 3. The van der Waals surface area contributed by atoms with Crippen LogP contribution < -0.4 is 20.7 Å². The molecule has 1 aliphatic rings. The number of piperidine rings is 1. The summed E-state index contributed by atoms with van der Waals surface area (Å²) in [4.78, 5) is 43.1. The number of carbonyl (C=O) groups is 3. The van der Waals surface area contributed by atoms with Gasteiger partial charge in [0.05, 0.1) is 17.7 Å². The van der Waals surface area contributed by atoms with Crippen LogP contribution in [0, 0.1) is 0 Å². The van der Waals surface area contributed by atoms with E-state index in [-0.39, 0.29) is 24.3 Å². The van der Waals surface area contributed by atoms with Crippen molar-refractivity contribution >= 4 is 34.7 Å². The number of urea groups is 1. The largest absolute Gasteiger partial charge is 0.440 e. The van der Waals surface area contributed by atoms with Gasteiger partial charge in [-0.05, 0) is 38.8 Å². The summed E-state index contributed by atoms with van der Waals surface area (Å²) >= 11 is 0. The van der Waals surface area contributed by atoms with Gasteiger partial charge in [-0.15, -0.1) is 0 Å². The van der Waals surface area contributed by atoms with Gasteiger partial charge >= 0.3 is 12.1 Å². The number of benzene rings is 1. The third kappa shape index (κ3) is 5.92. The number of para-hydroxylation sites is 1. The van der Waals surface area contributed by atoms with Crippen LogP contribution in [0.15, 0.2) is 48.7 Å². The second-order valence-electron chi connectivity index (χ2n) is 8.88. The number of pyridine rings is 1. The average Bonchev–Trinajstić information content (AvgIpc) is 3.20. The molecular weight excluding hydrogens is 464 g/mol. The second-order valence-corrected chi connectivity index (χ2v) is 8.88. The highest BCUT2D eigenvalue weighted by molar-refractivity contribution is 5.94. The number of anilines is 1. The van der Waals surface area contributed by atoms with Gasteiger partial charge in [-0.25, -0.2) is 19.1 Å². The Balaban J connectivity index is 1.39. The van der Waals surface area contributed by atoms with Gasteiger partial charge in [-0.3, -0.25) is 10.1 Å². The van der Waals surface area contributed by atoms with Crippen molar-refractivity contribution in [2.24, 2.45) is 0 Å². The van der Waals surface area contributed by atoms with E-state index in [1.807, 2.05) is 31.2 Å². The van der Waals surface area contributed by atoms with Crippen LogP contribution in [0.25, 0.3) is 10.9 Å². The summed E-state index contributed by atoms with van der Waals surface area (Å²) in [6, 6.07) is 11.4. The van der Waals surface area contributed by atoms with E-state index in [1.54, 1.807) is 24.0 Å². The average molecular weight is 495 g/mol. The Morgan fingerprint density at radius 1 is 1.11 bits per heavy atom. The molecule has 11 heteroatoms. The number of aromatic nitrogens is 2. The molecule has 36 heavy (non-hydrogen) atoms. The predicted molar refractivity (Wildman–Crippen MR) is 134 cm³/mol. The molecule has 4 N–H and O–H groups in total. The molecule has 1 fully saturated rings. The van der Waals surface area contributed by atoms with E-state index in [0.717, 1.165) is 5.39 Å². The monoisotopic (exact) mass is 494 g/mol. The number of nitrogens with one attached hydrogen (secondary N) is 3.